The second-order valence-corrected chi connectivity index (χ2v) is 23.0. The molecule has 6 N–H and O–H groups in total. The van der Waals surface area contributed by atoms with E-state index >= 15 is 0 Å². The van der Waals surface area contributed by atoms with Crippen molar-refractivity contribution in [2.75, 3.05) is 20.7 Å². The summed E-state index contributed by atoms with van der Waals surface area (Å²) in [5, 5.41) is 37.7. The van der Waals surface area contributed by atoms with Crippen LogP contribution in [0.3, 0.4) is 0 Å². The Labute approximate surface area is 461 Å². The fraction of sp³-hybridized carbons (Fsp3) is 0.271. The quantitative estimate of drug-likeness (QED) is 0.0457. The summed E-state index contributed by atoms with van der Waals surface area (Å²) in [6, 6.07) is 9.32. The van der Waals surface area contributed by atoms with Gasteiger partial charge in [0.2, 0.25) is 11.8 Å². The lowest BCUT2D eigenvalue weighted by Crippen LogP contribution is -2.40. The maximum absolute atomic E-state index is 14.2. The molecule has 29 heteroatoms. The molecular formula is C48H43N15O8S6. The first-order valence-corrected chi connectivity index (χ1v) is 28.3. The number of pyridine rings is 1. The molecule has 6 amide bonds. The number of benzene rings is 1. The highest BCUT2D eigenvalue weighted by molar-refractivity contribution is 7.15. The second-order valence-electron chi connectivity index (χ2n) is 17.2. The molecule has 0 fully saturated rings. The average Bonchev–Trinajstić information content (AvgIpc) is 4.33. The monoisotopic (exact) mass is 1150 g/mol. The van der Waals surface area contributed by atoms with E-state index in [1.807, 2.05) is 13.8 Å². The normalized spacial score (nSPS) is 16.6. The van der Waals surface area contributed by atoms with Gasteiger partial charge in [0.15, 0.2) is 0 Å². The first kappa shape index (κ1) is 54.2. The topological polar surface area (TPSA) is 331 Å². The van der Waals surface area contributed by atoms with Gasteiger partial charge in [0.1, 0.15) is 82.0 Å². The Bertz CT molecular complexity index is 3600. The van der Waals surface area contributed by atoms with E-state index in [9.17, 15) is 33.9 Å². The molecule has 0 radical (unpaired) electrons. The summed E-state index contributed by atoms with van der Waals surface area (Å²) in [6.45, 7) is 4.94. The number of methoxy groups -OCH3 is 1. The zero-order chi connectivity index (χ0) is 54.5. The van der Waals surface area contributed by atoms with Crippen LogP contribution < -0.4 is 26.6 Å². The predicted octanol–water partition coefficient (Wildman–Crippen LogP) is 7.76. The molecule has 1 aromatic carbocycles. The summed E-state index contributed by atoms with van der Waals surface area (Å²) in [6.07, 6.45) is -1.50. The Kier molecular flexibility index (Phi) is 16.7. The van der Waals surface area contributed by atoms with Crippen molar-refractivity contribution in [1.82, 2.24) is 61.5 Å². The molecule has 7 aromatic heterocycles. The van der Waals surface area contributed by atoms with Gasteiger partial charge in [-0.1, -0.05) is 44.2 Å². The van der Waals surface area contributed by atoms with Crippen molar-refractivity contribution in [3.63, 3.8) is 0 Å². The number of nitrogens with zero attached hydrogens (tertiary/aromatic N) is 10. The van der Waals surface area contributed by atoms with Crippen LogP contribution in [0, 0.1) is 12.8 Å². The molecule has 1 aliphatic rings. The van der Waals surface area contributed by atoms with Crippen LogP contribution in [0.1, 0.15) is 117 Å². The van der Waals surface area contributed by atoms with E-state index in [1.165, 1.54) is 53.5 Å². The Hall–Kier alpha value is -7.60. The van der Waals surface area contributed by atoms with Crippen LogP contribution in [-0.4, -0.2) is 96.1 Å². The van der Waals surface area contributed by atoms with Crippen LogP contribution in [0.4, 0.5) is 0 Å². The van der Waals surface area contributed by atoms with Gasteiger partial charge in [0, 0.05) is 51.0 Å². The van der Waals surface area contributed by atoms with Gasteiger partial charge in [-0.25, -0.2) is 34.9 Å². The number of thiazole rings is 6. The predicted molar refractivity (Wildman–Crippen MR) is 290 cm³/mol. The molecule has 0 saturated heterocycles. The van der Waals surface area contributed by atoms with Crippen LogP contribution >= 0.6 is 68.0 Å². The van der Waals surface area contributed by atoms with E-state index in [0.717, 1.165) is 34.0 Å². The van der Waals surface area contributed by atoms with Crippen molar-refractivity contribution < 1.29 is 38.6 Å². The molecule has 0 unspecified atom stereocenters. The Balaban J connectivity index is 1.14. The third kappa shape index (κ3) is 12.0. The van der Waals surface area contributed by atoms with Gasteiger partial charge in [-0.2, -0.15) is 0 Å². The van der Waals surface area contributed by atoms with E-state index < -0.39 is 66.2 Å². The maximum atomic E-state index is 14.2. The standard InChI is InChI=1S/C48H43N15O8S6/c1-20(2)33-48-61-36(30(77-48)15-71-5)41(69)51-14-32(65)58-37(38(66)22-9-7-6-8-10-22)47-57-29(19-75-47)45-54-26(16-73-45)35-23(11-12-24(52-35)44-56-28(18-74-44)40(68)62-63-49)43-55-27(17-72-43)39(67)53-25(13-31(64)50-4)46-60-34(21(3)76-46)42(70)59-33/h6-12,16-20,25,33,37-38,66H,13-15H2,1-5H3,(H,50,64)(H,51,69)(H,53,67)(H,58,65)(H,59,70)/t25-,33+,37-,38-/m0/s1. The number of aliphatic hydroxyl groups is 1. The molecule has 9 rings (SSSR count). The SMILES string of the molecule is CNC(=O)C[C@@H]1NC(=O)c2csc(n2)-c2ccc(-c3nc(C(=O)N=[N+]=[N-])cs3)nc2-c2csc(n2)-c2csc(n2)[C@H]([C@@H](O)c2ccccc2)NC(=O)CNC(=O)c2nc(sc2COC)[C@@H](C(C)C)NC(=O)c2nc1sc2C. The minimum Gasteiger partial charge on any atom is -0.386 e. The number of hydrogen-bond acceptors (Lipinski definition) is 21. The minimum atomic E-state index is -1.28. The number of azide groups is 1. The van der Waals surface area contributed by atoms with Gasteiger partial charge < -0.3 is 36.4 Å². The minimum absolute atomic E-state index is 0.000783. The summed E-state index contributed by atoms with van der Waals surface area (Å²) in [5.74, 6) is -4.03. The van der Waals surface area contributed by atoms with Gasteiger partial charge in [0.05, 0.1) is 42.2 Å². The molecular weight excluding hydrogens is 1110 g/mol. The van der Waals surface area contributed by atoms with Gasteiger partial charge in [-0.05, 0) is 41.2 Å². The summed E-state index contributed by atoms with van der Waals surface area (Å²) < 4.78 is 5.43. The number of fused-ring (bicyclic) bond motifs is 14. The first-order chi connectivity index (χ1) is 37.1. The van der Waals surface area contributed by atoms with Gasteiger partial charge >= 0.3 is 0 Å². The average molecular weight is 1150 g/mol. The lowest BCUT2D eigenvalue weighted by atomic mass is 10.0. The van der Waals surface area contributed by atoms with E-state index in [2.05, 4.69) is 51.6 Å². The Morgan fingerprint density at radius 3 is 2.22 bits per heavy atom. The number of aromatic nitrogens is 7. The summed E-state index contributed by atoms with van der Waals surface area (Å²) in [7, 11) is 2.93. The summed E-state index contributed by atoms with van der Waals surface area (Å²) in [5.41, 5.74) is 11.3. The second kappa shape index (κ2) is 23.7. The Morgan fingerprint density at radius 2 is 1.47 bits per heavy atom. The van der Waals surface area contributed by atoms with Gasteiger partial charge in [0.25, 0.3) is 23.6 Å². The molecule has 0 aliphatic carbocycles. The molecule has 0 spiro atoms. The van der Waals surface area contributed by atoms with Crippen molar-refractivity contribution in [1.29, 1.82) is 0 Å². The molecule has 0 saturated carbocycles. The number of rotatable bonds is 9. The molecule has 8 heterocycles. The highest BCUT2D eigenvalue weighted by Crippen LogP contribution is 2.40. The molecule has 394 valence electrons. The van der Waals surface area contributed by atoms with E-state index in [1.54, 1.807) is 65.5 Å². The Morgan fingerprint density at radius 1 is 0.753 bits per heavy atom. The third-order valence-electron chi connectivity index (χ3n) is 11.6. The molecule has 10 bridgehead atoms. The number of ether oxygens (including phenoxy) is 1. The highest BCUT2D eigenvalue weighted by Gasteiger charge is 2.33. The number of aliphatic hydroxyl groups excluding tert-OH is 1. The zero-order valence-electron chi connectivity index (χ0n) is 41.1. The molecule has 23 nitrogen and oxygen atoms in total. The molecule has 4 atom stereocenters. The molecule has 1 aliphatic heterocycles. The first-order valence-electron chi connectivity index (χ1n) is 23.2. The fourth-order valence-electron chi connectivity index (χ4n) is 7.77. The zero-order valence-corrected chi connectivity index (χ0v) is 46.0. The summed E-state index contributed by atoms with van der Waals surface area (Å²) in [4.78, 5) is 118. The fourth-order valence-corrected chi connectivity index (χ4v) is 13.3. The highest BCUT2D eigenvalue weighted by atomic mass is 32.1. The summed E-state index contributed by atoms with van der Waals surface area (Å²) >= 11 is 6.97. The van der Waals surface area contributed by atoms with Crippen LogP contribution in [0.25, 0.3) is 53.8 Å². The largest absolute Gasteiger partial charge is 0.386 e. The van der Waals surface area contributed by atoms with Crippen LogP contribution in [0.2, 0.25) is 0 Å². The maximum Gasteiger partial charge on any atom is 0.271 e. The molecule has 77 heavy (non-hydrogen) atoms. The van der Waals surface area contributed by atoms with Crippen molar-refractivity contribution in [2.45, 2.75) is 58.0 Å². The van der Waals surface area contributed by atoms with Crippen LogP contribution in [0.15, 0.2) is 69.1 Å². The lowest BCUT2D eigenvalue weighted by Gasteiger charge is -2.23. The number of aryl methyl sites for hydroxylation is 1. The van der Waals surface area contributed by atoms with Gasteiger partial charge in [-0.3, -0.25) is 28.8 Å². The van der Waals surface area contributed by atoms with Crippen molar-refractivity contribution in [3.05, 3.63) is 128 Å². The smallest absolute Gasteiger partial charge is 0.271 e. The number of hydrogen-bond donors (Lipinski definition) is 6. The number of amides is 6. The van der Waals surface area contributed by atoms with Crippen molar-refractivity contribution >= 4 is 103 Å². The number of nitrogens with one attached hydrogen (secondary N) is 5. The lowest BCUT2D eigenvalue weighted by molar-refractivity contribution is -0.122. The van der Waals surface area contributed by atoms with Crippen LogP contribution in [0.5, 0.6) is 0 Å². The van der Waals surface area contributed by atoms with Crippen LogP contribution in [-0.2, 0) is 20.9 Å². The van der Waals surface area contributed by atoms with E-state index in [4.69, 9.17) is 30.2 Å². The third-order valence-corrected chi connectivity index (χ3v) is 17.3. The van der Waals surface area contributed by atoms with E-state index in [-0.39, 0.29) is 46.7 Å². The van der Waals surface area contributed by atoms with E-state index in [0.29, 0.717) is 68.7 Å². The molecule has 8 aromatic rings. The van der Waals surface area contributed by atoms with Crippen molar-refractivity contribution in [2.24, 2.45) is 11.0 Å². The number of carbonyl (C=O) groups excluding carboxylic acids is 6. The van der Waals surface area contributed by atoms with Crippen molar-refractivity contribution in [3.8, 4) is 43.4 Å². The van der Waals surface area contributed by atoms with Gasteiger partial charge in [-0.15, -0.1) is 68.0 Å². The number of carbonyl (C=O) groups is 6.